The Morgan fingerprint density at radius 2 is 2.09 bits per heavy atom. The van der Waals surface area contributed by atoms with E-state index in [1.165, 1.54) is 0 Å². The van der Waals surface area contributed by atoms with Gasteiger partial charge in [0, 0.05) is 36.9 Å². The molecule has 0 radical (unpaired) electrons. The van der Waals surface area contributed by atoms with Crippen LogP contribution in [0.1, 0.15) is 5.56 Å². The van der Waals surface area contributed by atoms with Gasteiger partial charge in [0.05, 0.1) is 17.9 Å². The van der Waals surface area contributed by atoms with Gasteiger partial charge < -0.3 is 26.3 Å². The number of benzene rings is 1. The molecule has 0 unspecified atom stereocenters. The van der Waals surface area contributed by atoms with Crippen molar-refractivity contribution in [2.45, 2.75) is 0 Å². The number of pyridine rings is 1. The zero-order valence-corrected chi connectivity index (χ0v) is 12.0. The van der Waals surface area contributed by atoms with Gasteiger partial charge in [-0.25, -0.2) is 4.98 Å². The summed E-state index contributed by atoms with van der Waals surface area (Å²) < 4.78 is 5.84. The van der Waals surface area contributed by atoms with E-state index in [4.69, 9.17) is 15.9 Å². The summed E-state index contributed by atoms with van der Waals surface area (Å²) >= 11 is 0. The minimum atomic E-state index is 0.196. The molecule has 1 saturated heterocycles. The number of nitrogens with one attached hydrogen (secondary N) is 2. The molecule has 0 saturated carbocycles. The Morgan fingerprint density at radius 3 is 2.68 bits per heavy atom. The predicted octanol–water partition coefficient (Wildman–Crippen LogP) is 1.63. The molecule has 2 heterocycles. The summed E-state index contributed by atoms with van der Waals surface area (Å²) in [6.45, 7) is 2.49. The van der Waals surface area contributed by atoms with Crippen LogP contribution in [0.25, 0.3) is 11.3 Å². The molecule has 1 aliphatic heterocycles. The Labute approximate surface area is 128 Å². The average molecular weight is 298 g/mol. The van der Waals surface area contributed by atoms with E-state index in [1.54, 1.807) is 30.3 Å². The fourth-order valence-electron chi connectivity index (χ4n) is 2.27. The highest BCUT2D eigenvalue weighted by atomic mass is 16.5. The molecule has 6 nitrogen and oxygen atoms in total. The van der Waals surface area contributed by atoms with Gasteiger partial charge in [-0.05, 0) is 24.3 Å². The van der Waals surface area contributed by atoms with Gasteiger partial charge in [0.1, 0.15) is 17.3 Å². The molecule has 22 heavy (non-hydrogen) atoms. The molecule has 0 atom stereocenters. The van der Waals surface area contributed by atoms with Crippen LogP contribution < -0.4 is 15.8 Å². The number of phenols is 1. The third-order valence-corrected chi connectivity index (χ3v) is 3.70. The number of phenolic OH excluding ortho intramolecular Hbond substituents is 1. The fraction of sp³-hybridized carbons (Fsp3) is 0.250. The molecule has 114 valence electrons. The van der Waals surface area contributed by atoms with Crippen LogP contribution in [-0.2, 0) is 0 Å². The van der Waals surface area contributed by atoms with E-state index in [-0.39, 0.29) is 11.6 Å². The van der Waals surface area contributed by atoms with Gasteiger partial charge in [0.25, 0.3) is 0 Å². The van der Waals surface area contributed by atoms with Crippen LogP contribution in [0, 0.1) is 11.3 Å². The molecule has 0 bridgehead atoms. The second-order valence-corrected chi connectivity index (χ2v) is 5.33. The minimum absolute atomic E-state index is 0.196. The number of aromatic nitrogens is 1. The molecule has 2 aromatic rings. The molecule has 0 spiro atoms. The summed E-state index contributed by atoms with van der Waals surface area (Å²) in [5.74, 6) is 1.52. The number of hydrogen-bond acceptors (Lipinski definition) is 6. The molecular formula is C16H18N4O2. The monoisotopic (exact) mass is 298 g/mol. The minimum Gasteiger partial charge on any atom is -0.508 e. The van der Waals surface area contributed by atoms with Crippen molar-refractivity contribution in [1.29, 1.82) is 5.41 Å². The predicted molar refractivity (Wildman–Crippen MR) is 85.5 cm³/mol. The van der Waals surface area contributed by atoms with Gasteiger partial charge in [-0.2, -0.15) is 0 Å². The number of hydrogen-bond donors (Lipinski definition) is 4. The quantitative estimate of drug-likeness (QED) is 0.628. The molecule has 5 N–H and O–H groups in total. The Balaban J connectivity index is 1.91. The third kappa shape index (κ3) is 2.87. The Hall–Kier alpha value is -2.60. The molecular weight excluding hydrogens is 280 g/mol. The highest BCUT2D eigenvalue weighted by Gasteiger charge is 2.19. The molecule has 0 aliphatic carbocycles. The molecule has 1 fully saturated rings. The normalized spacial score (nSPS) is 14.4. The first-order valence-corrected chi connectivity index (χ1v) is 7.11. The van der Waals surface area contributed by atoms with E-state index >= 15 is 0 Å². The maximum absolute atomic E-state index is 9.37. The molecule has 1 aromatic heterocycles. The lowest BCUT2D eigenvalue weighted by Crippen LogP contribution is -2.45. The second-order valence-electron chi connectivity index (χ2n) is 5.33. The largest absolute Gasteiger partial charge is 0.508 e. The number of nitrogens with two attached hydrogens (primary N) is 1. The smallest absolute Gasteiger partial charge is 0.136 e. The number of aromatic hydroxyl groups is 1. The van der Waals surface area contributed by atoms with Crippen LogP contribution in [0.2, 0.25) is 0 Å². The number of anilines is 1. The van der Waals surface area contributed by atoms with Crippen LogP contribution in [0.3, 0.4) is 0 Å². The molecule has 6 heteroatoms. The summed E-state index contributed by atoms with van der Waals surface area (Å²) in [4.78, 5) is 4.32. The number of nitrogens with zero attached hydrogens (tertiary/aromatic N) is 1. The second kappa shape index (κ2) is 6.03. The van der Waals surface area contributed by atoms with Gasteiger partial charge in [-0.1, -0.05) is 0 Å². The maximum Gasteiger partial charge on any atom is 0.136 e. The van der Waals surface area contributed by atoms with Crippen molar-refractivity contribution < 1.29 is 9.84 Å². The van der Waals surface area contributed by atoms with Crippen molar-refractivity contribution in [3.8, 4) is 22.8 Å². The van der Waals surface area contributed by atoms with Gasteiger partial charge in [-0.3, -0.25) is 0 Å². The van der Waals surface area contributed by atoms with Gasteiger partial charge in [-0.15, -0.1) is 0 Å². The number of rotatable bonds is 5. The van der Waals surface area contributed by atoms with E-state index in [9.17, 15) is 5.11 Å². The lowest BCUT2D eigenvalue weighted by Gasteiger charge is -2.27. The zero-order valence-electron chi connectivity index (χ0n) is 12.0. The molecule has 0 amide bonds. The summed E-state index contributed by atoms with van der Waals surface area (Å²) in [6.07, 6.45) is 1.16. The highest BCUT2D eigenvalue weighted by molar-refractivity contribution is 5.88. The number of nitrogen functional groups attached to an aromatic ring is 1. The molecule has 3 rings (SSSR count). The fourth-order valence-corrected chi connectivity index (χ4v) is 2.27. The molecule has 1 aromatic carbocycles. The topological polar surface area (TPSA) is 104 Å². The summed E-state index contributed by atoms with van der Waals surface area (Å²) in [7, 11) is 0. The SMILES string of the molecule is N=Cc1c(OCC2CNC2)cc(-c2ccc(O)cc2)nc1N. The van der Waals surface area contributed by atoms with Crippen molar-refractivity contribution in [3.05, 3.63) is 35.9 Å². The zero-order chi connectivity index (χ0) is 15.5. The summed E-state index contributed by atoms with van der Waals surface area (Å²) in [5.41, 5.74) is 7.93. The van der Waals surface area contributed by atoms with E-state index < -0.39 is 0 Å². The summed E-state index contributed by atoms with van der Waals surface area (Å²) in [6, 6.07) is 8.51. The maximum atomic E-state index is 9.37. The van der Waals surface area contributed by atoms with Gasteiger partial charge >= 0.3 is 0 Å². The summed E-state index contributed by atoms with van der Waals surface area (Å²) in [5, 5.41) is 20.1. The van der Waals surface area contributed by atoms with Gasteiger partial charge in [0.2, 0.25) is 0 Å². The first-order chi connectivity index (χ1) is 10.7. The van der Waals surface area contributed by atoms with Crippen LogP contribution in [-0.4, -0.2) is 36.0 Å². The van der Waals surface area contributed by atoms with E-state index in [1.807, 2.05) is 0 Å². The van der Waals surface area contributed by atoms with E-state index in [2.05, 4.69) is 10.3 Å². The van der Waals surface area contributed by atoms with Crippen LogP contribution >= 0.6 is 0 Å². The van der Waals surface area contributed by atoms with Gasteiger partial charge in [0.15, 0.2) is 0 Å². The first-order valence-electron chi connectivity index (χ1n) is 7.11. The highest BCUT2D eigenvalue weighted by Crippen LogP contribution is 2.29. The first kappa shape index (κ1) is 14.3. The van der Waals surface area contributed by atoms with Crippen LogP contribution in [0.15, 0.2) is 30.3 Å². The van der Waals surface area contributed by atoms with Crippen molar-refractivity contribution in [2.75, 3.05) is 25.4 Å². The van der Waals surface area contributed by atoms with Crippen molar-refractivity contribution in [2.24, 2.45) is 5.92 Å². The average Bonchev–Trinajstić information content (AvgIpc) is 2.46. The van der Waals surface area contributed by atoms with Crippen molar-refractivity contribution >= 4 is 12.0 Å². The van der Waals surface area contributed by atoms with E-state index in [0.29, 0.717) is 29.5 Å². The Morgan fingerprint density at radius 1 is 1.36 bits per heavy atom. The standard InChI is InChI=1S/C16H18N4O2/c17-6-13-15(22-9-10-7-19-8-10)5-14(20-16(13)18)11-1-3-12(21)4-2-11/h1-6,10,17,19,21H,7-9H2,(H2,18,20). The molecule has 1 aliphatic rings. The third-order valence-electron chi connectivity index (χ3n) is 3.70. The van der Waals surface area contributed by atoms with Crippen molar-refractivity contribution in [3.63, 3.8) is 0 Å². The lowest BCUT2D eigenvalue weighted by atomic mass is 10.1. The number of ether oxygens (including phenoxy) is 1. The van der Waals surface area contributed by atoms with Crippen molar-refractivity contribution in [1.82, 2.24) is 10.3 Å². The Bertz CT molecular complexity index is 681. The lowest BCUT2D eigenvalue weighted by molar-refractivity contribution is 0.199. The van der Waals surface area contributed by atoms with Crippen LogP contribution in [0.4, 0.5) is 5.82 Å². The van der Waals surface area contributed by atoms with E-state index in [0.717, 1.165) is 24.9 Å². The Kier molecular flexibility index (Phi) is 3.93. The van der Waals surface area contributed by atoms with Crippen LogP contribution in [0.5, 0.6) is 11.5 Å².